The average molecular weight is 379 g/mol. The Labute approximate surface area is 141 Å². The van der Waals surface area contributed by atoms with Crippen LogP contribution in [-0.2, 0) is 26.2 Å². The Morgan fingerprint density at radius 2 is 1.22 bits per heavy atom. The molecule has 0 spiro atoms. The summed E-state index contributed by atoms with van der Waals surface area (Å²) in [5, 5.41) is 0. The first-order valence-corrected chi connectivity index (χ1v) is 10.7. The van der Waals surface area contributed by atoms with Crippen LogP contribution in [0.25, 0.3) is 0 Å². The third-order valence-electron chi connectivity index (χ3n) is 1.73. The van der Waals surface area contributed by atoms with Crippen molar-refractivity contribution in [3.05, 3.63) is 47.6 Å². The monoisotopic (exact) mass is 376 g/mol. The molecule has 0 saturated carbocycles. The van der Waals surface area contributed by atoms with E-state index in [4.69, 9.17) is 22.2 Å². The smallest absolute Gasteiger partial charge is 0.270 e. The molecule has 0 fully saturated rings. The summed E-state index contributed by atoms with van der Waals surface area (Å²) in [4.78, 5) is 0. The zero-order valence-corrected chi connectivity index (χ0v) is 16.4. The molecule has 0 aromatic heterocycles. The van der Waals surface area contributed by atoms with Crippen molar-refractivity contribution >= 4 is 28.9 Å². The van der Waals surface area contributed by atoms with Gasteiger partial charge in [-0.2, -0.15) is 12.2 Å². The molecular formula is C14H20Cl2SiZr. The number of hydrogen-bond acceptors (Lipinski definition) is 0. The second-order valence-electron chi connectivity index (χ2n) is 4.26. The van der Waals surface area contributed by atoms with Crippen LogP contribution in [0.1, 0.15) is 26.7 Å². The van der Waals surface area contributed by atoms with Crippen molar-refractivity contribution in [1.29, 1.82) is 0 Å². The van der Waals surface area contributed by atoms with Crippen LogP contribution >= 0.6 is 22.2 Å². The van der Waals surface area contributed by atoms with Gasteiger partial charge < -0.3 is 0 Å². The Hall–Kier alpha value is 0.640. The number of hydrogen-bond donors (Lipinski definition) is 0. The van der Waals surface area contributed by atoms with Gasteiger partial charge in [-0.25, -0.2) is 23.3 Å². The van der Waals surface area contributed by atoms with Gasteiger partial charge in [0, 0.05) is 0 Å². The van der Waals surface area contributed by atoms with Gasteiger partial charge in [0.25, 0.3) is 0 Å². The van der Waals surface area contributed by atoms with Gasteiger partial charge >= 0.3 is 26.2 Å². The van der Waals surface area contributed by atoms with Crippen LogP contribution in [0.2, 0.25) is 13.1 Å². The molecule has 0 N–H and O–H groups in total. The first-order valence-electron chi connectivity index (χ1n) is 5.65. The van der Waals surface area contributed by atoms with Crippen LogP contribution in [0, 0.1) is 12.2 Å². The summed E-state index contributed by atoms with van der Waals surface area (Å²) in [5.41, 5.74) is 2.55. The summed E-state index contributed by atoms with van der Waals surface area (Å²) < 4.78 is 0. The molecule has 98 valence electrons. The minimum atomic E-state index is -1.67. The van der Waals surface area contributed by atoms with Gasteiger partial charge in [-0.05, 0) is 13.1 Å². The maximum Gasteiger partial charge on any atom is 2.00 e. The predicted molar refractivity (Wildman–Crippen MR) is 81.6 cm³/mol. The first kappa shape index (κ1) is 20.9. The molecule has 18 heavy (non-hydrogen) atoms. The van der Waals surface area contributed by atoms with Crippen LogP contribution in [-0.4, -0.2) is 6.69 Å². The van der Waals surface area contributed by atoms with E-state index >= 15 is 0 Å². The second kappa shape index (κ2) is 11.5. The Morgan fingerprint density at radius 1 is 0.944 bits per heavy atom. The maximum atomic E-state index is 5.43. The van der Waals surface area contributed by atoms with Crippen molar-refractivity contribution in [2.75, 3.05) is 0 Å². The topological polar surface area (TPSA) is 0 Å². The largest absolute Gasteiger partial charge is 2.00 e. The molecule has 0 atom stereocenters. The van der Waals surface area contributed by atoms with Gasteiger partial charge in [0.1, 0.15) is 0 Å². The summed E-state index contributed by atoms with van der Waals surface area (Å²) in [6, 6.07) is 0. The molecule has 0 unspecified atom stereocenters. The molecule has 0 aromatic carbocycles. The van der Waals surface area contributed by atoms with Crippen LogP contribution in [0.3, 0.4) is 0 Å². The first-order chi connectivity index (χ1) is 7.79. The summed E-state index contributed by atoms with van der Waals surface area (Å²) in [7, 11) is 0. The van der Waals surface area contributed by atoms with E-state index in [1.807, 2.05) is 13.1 Å². The normalized spacial score (nSPS) is 15.7. The molecule has 0 aromatic rings. The minimum absolute atomic E-state index is 0. The van der Waals surface area contributed by atoms with Gasteiger partial charge in [0.15, 0.2) is 0 Å². The number of halogens is 2. The van der Waals surface area contributed by atoms with Crippen molar-refractivity contribution in [2.24, 2.45) is 0 Å². The standard InChI is InChI=1S/2C6H7.C2H6Cl2Si.Zr/c2*1-6-4-2-3-5-6;1-5(2,3)4;/h2*2,4H,3H2,1H3;1-2H3;/q2*-1;;+2. The molecule has 0 saturated heterocycles. The Kier molecular flexibility index (Phi) is 13.3. The maximum absolute atomic E-state index is 5.43. The van der Waals surface area contributed by atoms with E-state index in [2.05, 4.69) is 50.3 Å². The fourth-order valence-electron chi connectivity index (χ4n) is 1.03. The zero-order chi connectivity index (χ0) is 13.3. The van der Waals surface area contributed by atoms with Crippen LogP contribution in [0.4, 0.5) is 0 Å². The molecule has 0 bridgehead atoms. The fraction of sp³-hybridized carbons (Fsp3) is 0.429. The molecule has 0 aliphatic heterocycles. The van der Waals surface area contributed by atoms with Crippen LogP contribution < -0.4 is 0 Å². The van der Waals surface area contributed by atoms with Crippen molar-refractivity contribution in [1.82, 2.24) is 0 Å². The number of rotatable bonds is 0. The summed E-state index contributed by atoms with van der Waals surface area (Å²) in [5.74, 6) is 0. The van der Waals surface area contributed by atoms with Gasteiger partial charge in [0.2, 0.25) is 6.69 Å². The third kappa shape index (κ3) is 19.0. The Morgan fingerprint density at radius 3 is 1.28 bits per heavy atom. The Bertz CT molecular complexity index is 297. The second-order valence-corrected chi connectivity index (χ2v) is 13.2. The Balaban J connectivity index is 0. The van der Waals surface area contributed by atoms with Gasteiger partial charge in [0.05, 0.1) is 0 Å². The number of allylic oxidation sites excluding steroid dienone is 8. The summed E-state index contributed by atoms with van der Waals surface area (Å²) in [6.45, 7) is 6.17. The molecule has 4 heteroatoms. The van der Waals surface area contributed by atoms with Crippen molar-refractivity contribution in [3.8, 4) is 0 Å². The van der Waals surface area contributed by atoms with E-state index in [9.17, 15) is 0 Å². The zero-order valence-electron chi connectivity index (χ0n) is 11.5. The molecule has 0 radical (unpaired) electrons. The molecule has 2 rings (SSSR count). The van der Waals surface area contributed by atoms with Gasteiger partial charge in [-0.1, -0.05) is 13.8 Å². The SMILES string of the molecule is CC1=[C-]CC=C1.CC1=[C-]CC=C1.C[Si](C)(Cl)Cl.[Zr+2]. The van der Waals surface area contributed by atoms with Gasteiger partial charge in [-0.3, -0.25) is 12.2 Å². The molecule has 2 aliphatic carbocycles. The van der Waals surface area contributed by atoms with Crippen molar-refractivity contribution in [2.45, 2.75) is 39.8 Å². The van der Waals surface area contributed by atoms with E-state index in [0.29, 0.717) is 0 Å². The van der Waals surface area contributed by atoms with E-state index in [1.54, 1.807) is 0 Å². The molecule has 0 amide bonds. The predicted octanol–water partition coefficient (Wildman–Crippen LogP) is 5.55. The van der Waals surface area contributed by atoms with Crippen LogP contribution in [0.15, 0.2) is 35.5 Å². The van der Waals surface area contributed by atoms with Gasteiger partial charge in [-0.15, -0.1) is 35.0 Å². The van der Waals surface area contributed by atoms with Crippen molar-refractivity contribution < 1.29 is 26.2 Å². The third-order valence-corrected chi connectivity index (χ3v) is 1.73. The quantitative estimate of drug-likeness (QED) is 0.294. The molecule has 2 aliphatic rings. The summed E-state index contributed by atoms with van der Waals surface area (Å²) >= 11 is 10.9. The summed E-state index contributed by atoms with van der Waals surface area (Å²) in [6.07, 6.45) is 16.7. The van der Waals surface area contributed by atoms with E-state index in [1.165, 1.54) is 11.1 Å². The molecule has 0 nitrogen and oxygen atoms in total. The molecular weight excluding hydrogens is 358 g/mol. The molecule has 0 heterocycles. The minimum Gasteiger partial charge on any atom is -0.270 e. The van der Waals surface area contributed by atoms with E-state index in [-0.39, 0.29) is 26.2 Å². The van der Waals surface area contributed by atoms with E-state index in [0.717, 1.165) is 12.8 Å². The fourth-order valence-corrected chi connectivity index (χ4v) is 1.03. The van der Waals surface area contributed by atoms with Crippen molar-refractivity contribution in [3.63, 3.8) is 0 Å². The average Bonchev–Trinajstić information content (AvgIpc) is 2.76. The van der Waals surface area contributed by atoms with E-state index < -0.39 is 6.69 Å². The van der Waals surface area contributed by atoms with Crippen LogP contribution in [0.5, 0.6) is 0 Å².